The SMILES string of the molecule is CC1(c2c[nH]n3c2nc2cc(F)cc(C(N)=O)c23)CCN(CC2CC2)C1. The van der Waals surface area contributed by atoms with E-state index in [1.54, 1.807) is 4.52 Å². The van der Waals surface area contributed by atoms with Crippen LogP contribution in [0.3, 0.4) is 0 Å². The van der Waals surface area contributed by atoms with Gasteiger partial charge < -0.3 is 10.6 Å². The number of H-pyrrole nitrogens is 1. The molecule has 1 aliphatic carbocycles. The lowest BCUT2D eigenvalue weighted by Gasteiger charge is -2.23. The van der Waals surface area contributed by atoms with E-state index in [-0.39, 0.29) is 11.0 Å². The molecule has 1 saturated carbocycles. The van der Waals surface area contributed by atoms with Crippen molar-refractivity contribution in [3.8, 4) is 0 Å². The number of aromatic amines is 1. The standard InChI is InChI=1S/C19H22FN5O/c1-19(4-5-24(10-19)9-11-2-3-11)14-8-22-25-16-13(17(21)26)6-12(20)7-15(16)23-18(14)25/h6-8,11,22H,2-5,9-10H2,1H3,(H2,21,26). The normalized spacial score (nSPS) is 24.1. The average molecular weight is 355 g/mol. The van der Waals surface area contributed by atoms with Crippen molar-refractivity contribution in [2.45, 2.75) is 31.6 Å². The molecule has 2 fully saturated rings. The molecule has 1 amide bonds. The molecule has 0 radical (unpaired) electrons. The lowest BCUT2D eigenvalue weighted by atomic mass is 9.83. The molecular weight excluding hydrogens is 333 g/mol. The molecule has 2 aromatic heterocycles. The summed E-state index contributed by atoms with van der Waals surface area (Å²) < 4.78 is 15.6. The number of carbonyl (C=O) groups excluding carboxylic acids is 1. The number of halogens is 1. The fourth-order valence-electron chi connectivity index (χ4n) is 4.40. The second kappa shape index (κ2) is 5.30. The first-order valence-electron chi connectivity index (χ1n) is 9.16. The first-order valence-corrected chi connectivity index (χ1v) is 9.16. The molecule has 1 saturated heterocycles. The summed E-state index contributed by atoms with van der Waals surface area (Å²) in [6.45, 7) is 5.53. The summed E-state index contributed by atoms with van der Waals surface area (Å²) >= 11 is 0. The van der Waals surface area contributed by atoms with Gasteiger partial charge in [0.25, 0.3) is 5.91 Å². The summed E-state index contributed by atoms with van der Waals surface area (Å²) in [6.07, 6.45) is 5.74. The Morgan fingerprint density at radius 3 is 3.00 bits per heavy atom. The van der Waals surface area contributed by atoms with E-state index in [1.807, 2.05) is 6.20 Å². The van der Waals surface area contributed by atoms with Gasteiger partial charge in [0.15, 0.2) is 5.65 Å². The van der Waals surface area contributed by atoms with Crippen molar-refractivity contribution in [3.05, 3.63) is 35.3 Å². The molecule has 3 N–H and O–H groups in total. The number of hydrogen-bond donors (Lipinski definition) is 2. The van der Waals surface area contributed by atoms with Crippen LogP contribution >= 0.6 is 0 Å². The zero-order valence-corrected chi connectivity index (χ0v) is 14.8. The van der Waals surface area contributed by atoms with E-state index in [4.69, 9.17) is 5.73 Å². The maximum absolute atomic E-state index is 13.9. The molecule has 1 aliphatic heterocycles. The van der Waals surface area contributed by atoms with Crippen molar-refractivity contribution < 1.29 is 9.18 Å². The smallest absolute Gasteiger partial charge is 0.251 e. The van der Waals surface area contributed by atoms with E-state index in [9.17, 15) is 9.18 Å². The Labute approximate surface area is 150 Å². The zero-order chi connectivity index (χ0) is 18.1. The highest BCUT2D eigenvalue weighted by molar-refractivity contribution is 6.05. The molecule has 5 rings (SSSR count). The van der Waals surface area contributed by atoms with Gasteiger partial charge in [-0.05, 0) is 37.8 Å². The predicted molar refractivity (Wildman–Crippen MR) is 96.7 cm³/mol. The third kappa shape index (κ3) is 2.34. The highest BCUT2D eigenvalue weighted by Gasteiger charge is 2.39. The summed E-state index contributed by atoms with van der Waals surface area (Å²) in [5.41, 5.74) is 8.45. The van der Waals surface area contributed by atoms with Crippen molar-refractivity contribution in [2.24, 2.45) is 11.7 Å². The summed E-state index contributed by atoms with van der Waals surface area (Å²) in [7, 11) is 0. The van der Waals surface area contributed by atoms with Gasteiger partial charge in [0, 0.05) is 36.3 Å². The number of amides is 1. The number of likely N-dealkylation sites (tertiary alicyclic amines) is 1. The van der Waals surface area contributed by atoms with E-state index >= 15 is 0 Å². The molecule has 0 spiro atoms. The molecular formula is C19H22FN5O. The van der Waals surface area contributed by atoms with Crippen molar-refractivity contribution in [1.82, 2.24) is 19.5 Å². The Hall–Kier alpha value is -2.41. The van der Waals surface area contributed by atoms with Crippen LogP contribution in [-0.2, 0) is 5.41 Å². The number of primary amides is 1. The molecule has 3 aromatic rings. The Morgan fingerprint density at radius 2 is 2.27 bits per heavy atom. The first kappa shape index (κ1) is 15.8. The van der Waals surface area contributed by atoms with Gasteiger partial charge >= 0.3 is 0 Å². The minimum Gasteiger partial charge on any atom is -0.366 e. The quantitative estimate of drug-likeness (QED) is 0.754. The number of hydrogen-bond acceptors (Lipinski definition) is 3. The summed E-state index contributed by atoms with van der Waals surface area (Å²) in [5, 5.41) is 3.20. The molecule has 1 aromatic carbocycles. The lowest BCUT2D eigenvalue weighted by Crippen LogP contribution is -2.29. The molecule has 26 heavy (non-hydrogen) atoms. The molecule has 0 bridgehead atoms. The van der Waals surface area contributed by atoms with Gasteiger partial charge in [-0.25, -0.2) is 13.9 Å². The average Bonchev–Trinajstić information content (AvgIpc) is 2.99. The fraction of sp³-hybridized carbons (Fsp3) is 0.474. The summed E-state index contributed by atoms with van der Waals surface area (Å²) in [6, 6.07) is 2.52. The Bertz CT molecular complexity index is 1030. The van der Waals surface area contributed by atoms with Crippen molar-refractivity contribution in [3.63, 3.8) is 0 Å². The van der Waals surface area contributed by atoms with Crippen molar-refractivity contribution in [2.75, 3.05) is 19.6 Å². The fourth-order valence-corrected chi connectivity index (χ4v) is 4.40. The predicted octanol–water partition coefficient (Wildman–Crippen LogP) is 2.43. The number of rotatable bonds is 4. The molecule has 136 valence electrons. The Balaban J connectivity index is 1.61. The van der Waals surface area contributed by atoms with Gasteiger partial charge in [-0.2, -0.15) is 0 Å². The Kier molecular flexibility index (Phi) is 3.22. The van der Waals surface area contributed by atoms with Gasteiger partial charge in [-0.15, -0.1) is 0 Å². The lowest BCUT2D eigenvalue weighted by molar-refractivity contribution is 0.100. The Morgan fingerprint density at radius 1 is 1.46 bits per heavy atom. The van der Waals surface area contributed by atoms with Crippen LogP contribution in [0, 0.1) is 11.7 Å². The number of fused-ring (bicyclic) bond motifs is 3. The van der Waals surface area contributed by atoms with Crippen molar-refractivity contribution >= 4 is 22.6 Å². The number of nitrogens with zero attached hydrogens (tertiary/aromatic N) is 3. The van der Waals surface area contributed by atoms with E-state index in [0.29, 0.717) is 11.0 Å². The van der Waals surface area contributed by atoms with Crippen LogP contribution in [0.4, 0.5) is 4.39 Å². The summed E-state index contributed by atoms with van der Waals surface area (Å²) in [5.74, 6) is -0.287. The second-order valence-electron chi connectivity index (χ2n) is 8.13. The van der Waals surface area contributed by atoms with Gasteiger partial charge in [0.05, 0.1) is 11.1 Å². The van der Waals surface area contributed by atoms with Gasteiger partial charge in [-0.3, -0.25) is 9.89 Å². The van der Waals surface area contributed by atoms with Gasteiger partial charge in [-0.1, -0.05) is 6.92 Å². The third-order valence-electron chi connectivity index (χ3n) is 5.98. The van der Waals surface area contributed by atoms with Crippen LogP contribution in [0.1, 0.15) is 42.1 Å². The number of benzene rings is 1. The zero-order valence-electron chi connectivity index (χ0n) is 14.8. The minimum absolute atomic E-state index is 0.0110. The molecule has 3 heterocycles. The van der Waals surface area contributed by atoms with E-state index < -0.39 is 11.7 Å². The molecule has 7 heteroatoms. The van der Waals surface area contributed by atoms with Crippen molar-refractivity contribution in [1.29, 1.82) is 0 Å². The van der Waals surface area contributed by atoms with E-state index in [0.717, 1.165) is 36.6 Å². The highest BCUT2D eigenvalue weighted by atomic mass is 19.1. The van der Waals surface area contributed by atoms with Crippen LogP contribution in [0.2, 0.25) is 0 Å². The first-order chi connectivity index (χ1) is 12.4. The number of imidazole rings is 1. The maximum Gasteiger partial charge on any atom is 0.251 e. The maximum atomic E-state index is 13.9. The van der Waals surface area contributed by atoms with Crippen LogP contribution in [0.5, 0.6) is 0 Å². The highest BCUT2D eigenvalue weighted by Crippen LogP contribution is 2.39. The van der Waals surface area contributed by atoms with Gasteiger partial charge in [0.1, 0.15) is 11.3 Å². The van der Waals surface area contributed by atoms with Crippen LogP contribution in [0.15, 0.2) is 18.3 Å². The molecule has 2 aliphatic rings. The molecule has 1 unspecified atom stereocenters. The monoisotopic (exact) mass is 355 g/mol. The molecule has 6 nitrogen and oxygen atoms in total. The summed E-state index contributed by atoms with van der Waals surface area (Å²) in [4.78, 5) is 19.0. The molecule has 1 atom stereocenters. The number of nitrogens with two attached hydrogens (primary N) is 1. The van der Waals surface area contributed by atoms with Crippen LogP contribution in [0.25, 0.3) is 16.7 Å². The third-order valence-corrected chi connectivity index (χ3v) is 5.98. The van der Waals surface area contributed by atoms with Crippen LogP contribution < -0.4 is 5.73 Å². The number of nitrogens with one attached hydrogen (secondary N) is 1. The van der Waals surface area contributed by atoms with Gasteiger partial charge in [0.2, 0.25) is 0 Å². The number of aromatic nitrogens is 3. The minimum atomic E-state index is -0.657. The van der Waals surface area contributed by atoms with Crippen LogP contribution in [-0.4, -0.2) is 45.0 Å². The number of carbonyl (C=O) groups is 1. The second-order valence-corrected chi connectivity index (χ2v) is 8.13. The largest absolute Gasteiger partial charge is 0.366 e. The van der Waals surface area contributed by atoms with E-state index in [1.165, 1.54) is 31.5 Å². The van der Waals surface area contributed by atoms with E-state index in [2.05, 4.69) is 21.9 Å². The topological polar surface area (TPSA) is 79.4 Å².